The highest BCUT2D eigenvalue weighted by Gasteiger charge is 2.16. The first-order chi connectivity index (χ1) is 15.4. The monoisotopic (exact) mass is 451 g/mol. The molecule has 0 spiro atoms. The highest BCUT2D eigenvalue weighted by atomic mass is 35.5. The number of hydrogen-bond donors (Lipinski definition) is 2. The van der Waals surface area contributed by atoms with E-state index < -0.39 is 6.09 Å². The van der Waals surface area contributed by atoms with Crippen molar-refractivity contribution in [1.82, 2.24) is 9.97 Å². The molecule has 0 aliphatic heterocycles. The summed E-state index contributed by atoms with van der Waals surface area (Å²) in [6.45, 7) is 4.41. The fourth-order valence-electron chi connectivity index (χ4n) is 3.82. The molecule has 1 aromatic carbocycles. The number of benzene rings is 1. The molecule has 0 bridgehead atoms. The van der Waals surface area contributed by atoms with Gasteiger partial charge in [0.2, 0.25) is 0 Å². The molecule has 7 heteroatoms. The van der Waals surface area contributed by atoms with Crippen LogP contribution in [-0.4, -0.2) is 28.0 Å². The van der Waals surface area contributed by atoms with Crippen molar-refractivity contribution >= 4 is 34.3 Å². The number of H-pyrrole nitrogens is 1. The Hall–Kier alpha value is -3.12. The third-order valence-electron chi connectivity index (χ3n) is 5.79. The topological polar surface area (TPSA) is 84.1 Å². The van der Waals surface area contributed by atoms with Crippen molar-refractivity contribution in [1.29, 1.82) is 0 Å². The number of carbonyl (C=O) groups excluding carboxylic acids is 1. The molecule has 3 atom stereocenters. The fourth-order valence-corrected chi connectivity index (χ4v) is 3.97. The van der Waals surface area contributed by atoms with E-state index in [0.717, 1.165) is 17.6 Å². The van der Waals surface area contributed by atoms with Crippen molar-refractivity contribution in [3.05, 3.63) is 82.0 Å². The average Bonchev–Trinajstić information content (AvgIpc) is 2.75. The number of ether oxygens (including phenoxy) is 1. The number of anilines is 1. The van der Waals surface area contributed by atoms with E-state index in [0.29, 0.717) is 34.8 Å². The minimum atomic E-state index is -0.542. The number of aromatic amines is 1. The first-order valence-electron chi connectivity index (χ1n) is 10.7. The van der Waals surface area contributed by atoms with Gasteiger partial charge in [0.15, 0.2) is 0 Å². The van der Waals surface area contributed by atoms with E-state index in [2.05, 4.69) is 41.3 Å². The first kappa shape index (κ1) is 22.1. The predicted octanol–water partition coefficient (Wildman–Crippen LogP) is 5.28. The van der Waals surface area contributed by atoms with Crippen molar-refractivity contribution < 1.29 is 9.53 Å². The van der Waals surface area contributed by atoms with Crippen LogP contribution < -0.4 is 10.9 Å². The second-order valence-corrected chi connectivity index (χ2v) is 8.84. The molecule has 1 aromatic heterocycles. The molecule has 2 aromatic rings. The van der Waals surface area contributed by atoms with E-state index in [1.807, 2.05) is 24.3 Å². The number of nitrogens with zero attached hydrogens (tertiary/aromatic N) is 1. The molecule has 2 aliphatic carbocycles. The summed E-state index contributed by atoms with van der Waals surface area (Å²) in [4.78, 5) is 32.2. The van der Waals surface area contributed by atoms with Crippen LogP contribution in [0.5, 0.6) is 0 Å². The SMILES string of the molecule is CC1CC=CC=C1COC(=O)Nc1ccc2c(=O)[nH]c(CC3=CC(C)C(Cl)C=C3)nc2c1. The van der Waals surface area contributed by atoms with Crippen LogP contribution in [0, 0.1) is 11.8 Å². The molecular weight excluding hydrogens is 426 g/mol. The summed E-state index contributed by atoms with van der Waals surface area (Å²) in [6, 6.07) is 5.00. The Morgan fingerprint density at radius 3 is 2.97 bits per heavy atom. The summed E-state index contributed by atoms with van der Waals surface area (Å²) < 4.78 is 5.37. The van der Waals surface area contributed by atoms with Crippen LogP contribution in [0.4, 0.5) is 10.5 Å². The summed E-state index contributed by atoms with van der Waals surface area (Å²) >= 11 is 6.22. The number of carbonyl (C=O) groups is 1. The van der Waals surface area contributed by atoms with Gasteiger partial charge in [0, 0.05) is 12.1 Å². The second-order valence-electron chi connectivity index (χ2n) is 8.33. The molecule has 4 rings (SSSR count). The zero-order valence-electron chi connectivity index (χ0n) is 18.1. The molecule has 32 heavy (non-hydrogen) atoms. The maximum absolute atomic E-state index is 12.5. The van der Waals surface area contributed by atoms with Gasteiger partial charge in [-0.2, -0.15) is 0 Å². The van der Waals surface area contributed by atoms with Gasteiger partial charge in [-0.1, -0.05) is 50.3 Å². The van der Waals surface area contributed by atoms with Crippen molar-refractivity contribution in [2.75, 3.05) is 11.9 Å². The highest BCUT2D eigenvalue weighted by molar-refractivity contribution is 6.22. The second kappa shape index (κ2) is 9.57. The Labute approximate surface area is 191 Å². The normalized spacial score (nSPS) is 22.4. The Morgan fingerprint density at radius 2 is 2.19 bits per heavy atom. The van der Waals surface area contributed by atoms with E-state index in [1.165, 1.54) is 0 Å². The van der Waals surface area contributed by atoms with Gasteiger partial charge in [0.05, 0.1) is 16.3 Å². The molecule has 1 amide bonds. The smallest absolute Gasteiger partial charge is 0.411 e. The van der Waals surface area contributed by atoms with Gasteiger partial charge in [-0.05, 0) is 47.6 Å². The van der Waals surface area contributed by atoms with Crippen molar-refractivity contribution in [2.24, 2.45) is 11.8 Å². The molecule has 0 saturated heterocycles. The number of nitrogens with one attached hydrogen (secondary N) is 2. The van der Waals surface area contributed by atoms with Gasteiger partial charge in [-0.3, -0.25) is 10.1 Å². The standard InChI is InChI=1S/C25H26ClN3O3/c1-15-5-3-4-6-18(15)14-32-25(31)27-19-8-9-20-22(13-19)28-23(29-24(20)30)12-17-7-10-21(26)16(2)11-17/h3-4,6-11,13,15-16,21H,5,12,14H2,1-2H3,(H,27,31)(H,28,29,30). The molecule has 2 aliphatic rings. The molecule has 0 fully saturated rings. The predicted molar refractivity (Wildman–Crippen MR) is 128 cm³/mol. The minimum Gasteiger partial charge on any atom is -0.445 e. The Bertz CT molecular complexity index is 1210. The third kappa shape index (κ3) is 5.19. The summed E-state index contributed by atoms with van der Waals surface area (Å²) in [5.41, 5.74) is 2.95. The number of rotatable bonds is 5. The third-order valence-corrected chi connectivity index (χ3v) is 6.33. The van der Waals surface area contributed by atoms with Crippen LogP contribution in [0.25, 0.3) is 10.9 Å². The summed E-state index contributed by atoms with van der Waals surface area (Å²) in [6.07, 6.45) is 13.0. The lowest BCUT2D eigenvalue weighted by Gasteiger charge is -2.17. The fraction of sp³-hybridized carbons (Fsp3) is 0.320. The number of halogens is 1. The Balaban J connectivity index is 1.47. The molecule has 166 valence electrons. The lowest BCUT2D eigenvalue weighted by Crippen LogP contribution is -2.18. The number of alkyl halides is 1. The number of amides is 1. The van der Waals surface area contributed by atoms with Gasteiger partial charge in [-0.15, -0.1) is 11.6 Å². The van der Waals surface area contributed by atoms with E-state index in [-0.39, 0.29) is 23.5 Å². The van der Waals surface area contributed by atoms with Gasteiger partial charge in [-0.25, -0.2) is 9.78 Å². The van der Waals surface area contributed by atoms with Gasteiger partial charge in [0.25, 0.3) is 5.56 Å². The maximum atomic E-state index is 12.5. The number of allylic oxidation sites excluding steroid dienone is 7. The summed E-state index contributed by atoms with van der Waals surface area (Å²) in [7, 11) is 0. The van der Waals surface area contributed by atoms with Gasteiger partial charge >= 0.3 is 6.09 Å². The Kier molecular flexibility index (Phi) is 6.61. The van der Waals surface area contributed by atoms with Crippen LogP contribution in [-0.2, 0) is 11.2 Å². The number of fused-ring (bicyclic) bond motifs is 1. The zero-order valence-corrected chi connectivity index (χ0v) is 18.9. The zero-order chi connectivity index (χ0) is 22.7. The largest absolute Gasteiger partial charge is 0.445 e. The molecule has 2 N–H and O–H groups in total. The van der Waals surface area contributed by atoms with Crippen LogP contribution in [0.3, 0.4) is 0 Å². The van der Waals surface area contributed by atoms with Gasteiger partial charge in [0.1, 0.15) is 12.4 Å². The van der Waals surface area contributed by atoms with E-state index in [1.54, 1.807) is 18.2 Å². The molecule has 0 radical (unpaired) electrons. The minimum absolute atomic E-state index is 0.0233. The lowest BCUT2D eigenvalue weighted by molar-refractivity contribution is 0.169. The van der Waals surface area contributed by atoms with E-state index in [9.17, 15) is 9.59 Å². The quantitative estimate of drug-likeness (QED) is 0.606. The number of aromatic nitrogens is 2. The molecule has 1 heterocycles. The number of hydrogen-bond acceptors (Lipinski definition) is 4. The van der Waals surface area contributed by atoms with Crippen molar-refractivity contribution in [3.63, 3.8) is 0 Å². The molecular formula is C25H26ClN3O3. The van der Waals surface area contributed by atoms with Crippen LogP contribution in [0.15, 0.2) is 70.6 Å². The highest BCUT2D eigenvalue weighted by Crippen LogP contribution is 2.24. The van der Waals surface area contributed by atoms with Crippen LogP contribution >= 0.6 is 11.6 Å². The maximum Gasteiger partial charge on any atom is 0.411 e. The molecule has 6 nitrogen and oxygen atoms in total. The van der Waals surface area contributed by atoms with Gasteiger partial charge < -0.3 is 9.72 Å². The lowest BCUT2D eigenvalue weighted by atomic mass is 9.94. The molecule has 0 saturated carbocycles. The van der Waals surface area contributed by atoms with E-state index in [4.69, 9.17) is 16.3 Å². The van der Waals surface area contributed by atoms with Crippen molar-refractivity contribution in [3.8, 4) is 0 Å². The summed E-state index contributed by atoms with van der Waals surface area (Å²) in [5.74, 6) is 1.13. The Morgan fingerprint density at radius 1 is 1.34 bits per heavy atom. The molecule has 3 unspecified atom stereocenters. The van der Waals surface area contributed by atoms with Crippen molar-refractivity contribution in [2.45, 2.75) is 32.1 Å². The van der Waals surface area contributed by atoms with Crippen LogP contribution in [0.1, 0.15) is 26.1 Å². The first-order valence-corrected chi connectivity index (χ1v) is 11.2. The summed E-state index contributed by atoms with van der Waals surface area (Å²) in [5, 5.41) is 3.16. The average molecular weight is 452 g/mol. The van der Waals surface area contributed by atoms with E-state index >= 15 is 0 Å². The van der Waals surface area contributed by atoms with Crippen LogP contribution in [0.2, 0.25) is 0 Å².